The highest BCUT2D eigenvalue weighted by Crippen LogP contribution is 2.39. The predicted octanol–water partition coefficient (Wildman–Crippen LogP) is 24.2. The molecule has 8 aliphatic rings. The van der Waals surface area contributed by atoms with Crippen molar-refractivity contribution in [3.8, 4) is 70.3 Å². The number of hydrogen-bond acceptors (Lipinski definition) is 26. The molecule has 0 aromatic heterocycles. The quantitative estimate of drug-likeness (QED) is 0.0182. The number of phenols is 1. The summed E-state index contributed by atoms with van der Waals surface area (Å²) in [6, 6.07) is 49.7. The van der Waals surface area contributed by atoms with Gasteiger partial charge >= 0.3 is 11.9 Å². The first-order valence-electron chi connectivity index (χ1n) is 52.7. The van der Waals surface area contributed by atoms with Crippen molar-refractivity contribution in [1.29, 1.82) is 21.0 Å². The fraction of sp³-hybridized carbons (Fsp3) is 0.521. The average Bonchev–Trinajstić information content (AvgIpc) is 1.72. The number of unbranched alkanes of at least 4 members (excludes halogenated alkanes) is 13. The molecule has 8 heterocycles. The molecule has 149 heavy (non-hydrogen) atoms. The standard InChI is InChI=1S/C26H34O6.C19H19NO2.C17H21NO3.C15H17NO2.C12H11NO3.4C8H14O2/c27-25(28)21-11-15-23(16-12-21)31-19-9-7-5-3-1-2-4-6-8-10-20-32-24-17-13-22(14-18-24)26(29)30;1-3-4-9-22-19-8-7-16-10-15(5-6-17(16)12-19)11-18(13-20)14(2)21;1-4-5-6-9-21-16-8-7-14(11-17(16)20-3)10-15(12-18)13(2)19;1-3-4-9-18-15-7-5-13(6-8-15)10-14(11-16)12(2)17;1-8(14)10(7-13)5-9-3-4-11(15)12(6-9)16-2;4*1-5-3-9-8-6(2)4-10-7(5)8/h11-18H,1-10,19-20H2,(H,27,28)(H,29,30);5-8,10-12H,3-4,9H2,1-2H3;7-8,10-11H,4-6,9H2,1-3H3;5-8,10H,3-4,9H2,1-2H3;3-6,15H,1-2H3;4*5-8H,3-4H2,1-2H3/t;;;;;4*5-,6+,7-,8-/m.....1111/s1. The molecule has 0 amide bonds. The first-order valence-corrected chi connectivity index (χ1v) is 52.7. The van der Waals surface area contributed by atoms with Crippen molar-refractivity contribution >= 4 is 70.1 Å². The van der Waals surface area contributed by atoms with Gasteiger partial charge in [-0.1, -0.05) is 196 Å². The first-order chi connectivity index (χ1) is 71.7. The molecule has 15 rings (SSSR count). The van der Waals surface area contributed by atoms with Crippen LogP contribution in [0.25, 0.3) is 35.1 Å². The van der Waals surface area contributed by atoms with Crippen LogP contribution in [0.5, 0.6) is 46.0 Å². The monoisotopic (exact) mass is 2050 g/mol. The summed E-state index contributed by atoms with van der Waals surface area (Å²) in [5, 5.41) is 64.6. The maximum atomic E-state index is 11.3. The van der Waals surface area contributed by atoms with Gasteiger partial charge in [0, 0.05) is 47.3 Å². The lowest BCUT2D eigenvalue weighted by molar-refractivity contribution is -0.114. The Kier molecular flexibility index (Phi) is 55.9. The summed E-state index contributed by atoms with van der Waals surface area (Å²) < 4.78 is 83.0. The Morgan fingerprint density at radius 3 is 0.859 bits per heavy atom. The van der Waals surface area contributed by atoms with Gasteiger partial charge in [-0.3, -0.25) is 19.2 Å². The Bertz CT molecular complexity index is 5350. The number of fused-ring (bicyclic) bond motifs is 5. The van der Waals surface area contributed by atoms with Gasteiger partial charge in [0.15, 0.2) is 46.1 Å². The van der Waals surface area contributed by atoms with Gasteiger partial charge in [-0.05, 0) is 220 Å². The molecule has 28 nitrogen and oxygen atoms in total. The Labute approximate surface area is 882 Å². The molecule has 0 saturated carbocycles. The third-order valence-corrected chi connectivity index (χ3v) is 26.4. The summed E-state index contributed by atoms with van der Waals surface area (Å²) in [5.41, 5.74) is 4.09. The van der Waals surface area contributed by atoms with Crippen molar-refractivity contribution in [2.24, 2.45) is 47.3 Å². The fourth-order valence-corrected chi connectivity index (χ4v) is 17.4. The number of hydrogen-bond donors (Lipinski definition) is 3. The van der Waals surface area contributed by atoms with Gasteiger partial charge in [-0.15, -0.1) is 0 Å². The molecule has 0 bridgehead atoms. The van der Waals surface area contributed by atoms with Crippen molar-refractivity contribution in [3.63, 3.8) is 0 Å². The zero-order chi connectivity index (χ0) is 109. The van der Waals surface area contributed by atoms with Crippen molar-refractivity contribution in [1.82, 2.24) is 0 Å². The van der Waals surface area contributed by atoms with Crippen molar-refractivity contribution < 1.29 is 115 Å². The zero-order valence-corrected chi connectivity index (χ0v) is 90.3. The molecule has 16 atom stereocenters. The second-order valence-electron chi connectivity index (χ2n) is 39.1. The molecule has 8 aliphatic heterocycles. The third-order valence-electron chi connectivity index (χ3n) is 26.4. The van der Waals surface area contributed by atoms with E-state index in [2.05, 4.69) is 76.2 Å². The second kappa shape index (κ2) is 67.5. The zero-order valence-electron chi connectivity index (χ0n) is 90.3. The van der Waals surface area contributed by atoms with Gasteiger partial charge in [-0.25, -0.2) is 9.59 Å². The molecular weight excluding hydrogens is 1890 g/mol. The third kappa shape index (κ3) is 42.4. The van der Waals surface area contributed by atoms with E-state index >= 15 is 0 Å². The number of phenolic OH excluding ortho intramolecular Hbond substituents is 1. The Hall–Kier alpha value is -12.6. The lowest BCUT2D eigenvalue weighted by Gasteiger charge is -2.11. The van der Waals surface area contributed by atoms with Crippen LogP contribution in [-0.4, -0.2) is 199 Å². The van der Waals surface area contributed by atoms with Crippen LogP contribution in [0.3, 0.4) is 0 Å². The molecule has 8 saturated heterocycles. The number of ketones is 4. The van der Waals surface area contributed by atoms with Crippen molar-refractivity contribution in [2.45, 2.75) is 262 Å². The lowest BCUT2D eigenvalue weighted by atomic mass is 9.99. The minimum absolute atomic E-state index is 0.0148. The van der Waals surface area contributed by atoms with E-state index in [4.69, 9.17) is 102 Å². The van der Waals surface area contributed by atoms with Gasteiger partial charge in [0.05, 0.1) is 182 Å². The summed E-state index contributed by atoms with van der Waals surface area (Å²) in [4.78, 5) is 66.3. The number of nitriles is 4. The molecule has 0 aliphatic carbocycles. The molecule has 0 unspecified atom stereocenters. The van der Waals surface area contributed by atoms with E-state index in [0.29, 0.717) is 145 Å². The average molecular weight is 2050 g/mol. The van der Waals surface area contributed by atoms with Crippen LogP contribution in [0, 0.1) is 92.7 Å². The summed E-state index contributed by atoms with van der Waals surface area (Å²) in [7, 11) is 3.00. The van der Waals surface area contributed by atoms with Gasteiger partial charge in [0.25, 0.3) is 0 Å². The molecule has 7 aromatic carbocycles. The lowest BCUT2D eigenvalue weighted by Crippen LogP contribution is -2.23. The van der Waals surface area contributed by atoms with Crippen LogP contribution in [0.1, 0.15) is 256 Å². The smallest absolute Gasteiger partial charge is 0.335 e. The van der Waals surface area contributed by atoms with Crippen LogP contribution in [0.2, 0.25) is 0 Å². The number of carbonyl (C=O) groups excluding carboxylic acids is 4. The Balaban J connectivity index is 0.000000233. The number of carboxylic acids is 2. The fourth-order valence-electron chi connectivity index (χ4n) is 17.4. The highest BCUT2D eigenvalue weighted by atomic mass is 16.6. The number of carboxylic acid groups (broad SMARTS) is 2. The summed E-state index contributed by atoms with van der Waals surface area (Å²) in [6.45, 7) is 40.0. The minimum atomic E-state index is -0.924. The molecule has 0 radical (unpaired) electrons. The van der Waals surface area contributed by atoms with E-state index in [0.717, 1.165) is 181 Å². The van der Waals surface area contributed by atoms with Gasteiger partial charge in [-0.2, -0.15) is 21.0 Å². The predicted molar refractivity (Wildman–Crippen MR) is 576 cm³/mol. The van der Waals surface area contributed by atoms with Crippen LogP contribution in [0.4, 0.5) is 0 Å². The second-order valence-corrected chi connectivity index (χ2v) is 39.1. The van der Waals surface area contributed by atoms with E-state index in [-0.39, 0.29) is 62.3 Å². The largest absolute Gasteiger partial charge is 0.504 e. The molecule has 28 heteroatoms. The minimum Gasteiger partial charge on any atom is -0.504 e. The summed E-state index contributed by atoms with van der Waals surface area (Å²) in [6.07, 6.45) is 28.8. The summed E-state index contributed by atoms with van der Waals surface area (Å²) >= 11 is 0. The number of methoxy groups -OCH3 is 2. The number of aromatic carboxylic acids is 2. The number of allylic oxidation sites excluding steroid dienone is 4. The van der Waals surface area contributed by atoms with E-state index in [1.165, 1.54) is 85.5 Å². The summed E-state index contributed by atoms with van der Waals surface area (Å²) in [5.74, 6) is 6.71. The number of ether oxygens (including phenoxy) is 15. The molecule has 8 fully saturated rings. The number of rotatable bonds is 40. The maximum Gasteiger partial charge on any atom is 0.335 e. The molecular formula is C121H158N4O24. The highest BCUT2D eigenvalue weighted by molar-refractivity contribution is 6.04. The first kappa shape index (κ1) is 123. The van der Waals surface area contributed by atoms with Crippen molar-refractivity contribution in [2.75, 3.05) is 100 Å². The van der Waals surface area contributed by atoms with E-state index in [1.807, 2.05) is 84.9 Å². The number of Topliss-reactive ketones (excluding diaryl/α,β-unsaturated/α-hetero) is 4. The normalized spacial score (nSPS) is 22.3. The maximum absolute atomic E-state index is 11.3. The van der Waals surface area contributed by atoms with Gasteiger partial charge < -0.3 is 86.4 Å². The van der Waals surface area contributed by atoms with Crippen LogP contribution in [-0.2, 0) is 57.1 Å². The number of aromatic hydroxyl groups is 1. The van der Waals surface area contributed by atoms with E-state index in [1.54, 1.807) is 104 Å². The number of nitrogens with zero attached hydrogens (tertiary/aromatic N) is 4. The van der Waals surface area contributed by atoms with Crippen LogP contribution < -0.4 is 33.2 Å². The molecule has 7 aromatic rings. The van der Waals surface area contributed by atoms with E-state index in [9.17, 15) is 33.9 Å². The van der Waals surface area contributed by atoms with E-state index < -0.39 is 11.9 Å². The number of carbonyl (C=O) groups is 6. The SMILES string of the molecule is CCCCCOc1ccc(C=C(C#N)C(C)=O)cc1OC.CCCCOc1ccc(C=C(C#N)C(C)=O)cc1.CCCCOc1ccc2cc(C=C(C#N)C(C)=O)ccc2c1.COc1cc(C=C(C#N)C(C)=O)ccc1O.C[C@@H]1CO[C@H]2[C@@H]1OC[C@@H]2C.C[C@@H]1CO[C@H]2[C@@H]1OC[C@@H]2C.C[C@@H]1CO[C@H]2[C@@H]1OC[C@@H]2C.C[C@@H]1CO[C@H]2[C@@H]1OC[C@@H]2C.O=C(O)c1ccc(OCCCCCCCCCCCCOc2ccc(C(=O)O)cc2)cc1. The molecule has 806 valence electrons. The topological polar surface area (TPSA) is 397 Å². The molecule has 0 spiro atoms. The molecule has 3 N–H and O–H groups in total. The van der Waals surface area contributed by atoms with Gasteiger partial charge in [0.2, 0.25) is 0 Å². The van der Waals surface area contributed by atoms with Crippen molar-refractivity contribution in [3.05, 3.63) is 201 Å². The highest BCUT2D eigenvalue weighted by Gasteiger charge is 2.47. The van der Waals surface area contributed by atoms with Gasteiger partial charge in [0.1, 0.15) is 47.3 Å². The number of benzene rings is 7. The van der Waals surface area contributed by atoms with Crippen LogP contribution in [0.15, 0.2) is 168 Å². The Morgan fingerprint density at radius 2 is 0.544 bits per heavy atom. The Morgan fingerprint density at radius 1 is 0.295 bits per heavy atom. The van der Waals surface area contributed by atoms with Crippen LogP contribution >= 0.6 is 0 Å².